The number of amides is 2. The number of rotatable bonds is 5. The minimum Gasteiger partial charge on any atom is -0.443 e. The van der Waals surface area contributed by atoms with Crippen LogP contribution in [-0.2, 0) is 9.53 Å². The number of anilines is 2. The maximum absolute atomic E-state index is 14.8. The normalized spacial score (nSPS) is 20.2. The van der Waals surface area contributed by atoms with E-state index in [4.69, 9.17) is 10.5 Å². The van der Waals surface area contributed by atoms with Crippen LogP contribution >= 0.6 is 0 Å². The maximum atomic E-state index is 14.8. The molecule has 3 N–H and O–H groups in total. The molecule has 2 aromatic rings. The molecule has 158 valence electrons. The van der Waals surface area contributed by atoms with Crippen LogP contribution in [0, 0.1) is 11.7 Å². The molecule has 0 bridgehead atoms. The van der Waals surface area contributed by atoms with Crippen molar-refractivity contribution < 1.29 is 18.7 Å². The zero-order valence-corrected chi connectivity index (χ0v) is 16.5. The first-order valence-corrected chi connectivity index (χ1v) is 9.79. The van der Waals surface area contributed by atoms with E-state index in [9.17, 15) is 14.0 Å². The van der Waals surface area contributed by atoms with E-state index < -0.39 is 29.8 Å². The maximum Gasteiger partial charge on any atom is 0.414 e. The van der Waals surface area contributed by atoms with Crippen LogP contribution in [0.1, 0.15) is 6.92 Å². The van der Waals surface area contributed by atoms with Crippen molar-refractivity contribution in [1.29, 1.82) is 0 Å². The van der Waals surface area contributed by atoms with Crippen molar-refractivity contribution in [3.8, 4) is 11.1 Å². The van der Waals surface area contributed by atoms with Crippen molar-refractivity contribution in [2.45, 2.75) is 13.0 Å². The molecule has 0 saturated carbocycles. The Labute approximate surface area is 173 Å². The first-order chi connectivity index (χ1) is 14.4. The highest BCUT2D eigenvalue weighted by atomic mass is 19.1. The molecule has 2 aliphatic heterocycles. The Balaban J connectivity index is 1.51. The molecule has 2 amide bonds. The third-order valence-corrected chi connectivity index (χ3v) is 5.45. The molecule has 0 aliphatic carbocycles. The van der Waals surface area contributed by atoms with Crippen LogP contribution < -0.4 is 20.9 Å². The molecule has 2 aliphatic rings. The zero-order valence-electron chi connectivity index (χ0n) is 16.5. The number of carbonyl (C=O) groups excluding carboxylic acids is 2. The Morgan fingerprint density at radius 1 is 1.30 bits per heavy atom. The van der Waals surface area contributed by atoms with Crippen LogP contribution in [0.25, 0.3) is 11.1 Å². The van der Waals surface area contributed by atoms with E-state index in [0.29, 0.717) is 22.8 Å². The van der Waals surface area contributed by atoms with E-state index in [1.165, 1.54) is 11.0 Å². The molecule has 2 atom stereocenters. The SMILES string of the molecule is CC(C(N)=O)C1CN(c2ccc(-c3cnc(N4CCNCC4)nc3)c(F)c2)C(=O)O1. The van der Waals surface area contributed by atoms with E-state index in [2.05, 4.69) is 20.2 Å². The number of ether oxygens (including phenoxy) is 1. The number of carbonyl (C=O) groups is 2. The Kier molecular flexibility index (Phi) is 5.49. The summed E-state index contributed by atoms with van der Waals surface area (Å²) in [6, 6.07) is 4.46. The van der Waals surface area contributed by atoms with Crippen molar-refractivity contribution in [2.24, 2.45) is 11.7 Å². The lowest BCUT2D eigenvalue weighted by molar-refractivity contribution is -0.123. The van der Waals surface area contributed by atoms with Gasteiger partial charge in [-0.25, -0.2) is 19.2 Å². The molecule has 0 spiro atoms. The average molecular weight is 414 g/mol. The second-order valence-electron chi connectivity index (χ2n) is 7.40. The van der Waals surface area contributed by atoms with Gasteiger partial charge >= 0.3 is 6.09 Å². The molecule has 0 radical (unpaired) electrons. The molecule has 1 aromatic carbocycles. The van der Waals surface area contributed by atoms with Crippen LogP contribution in [0.3, 0.4) is 0 Å². The predicted octanol–water partition coefficient (Wildman–Crippen LogP) is 1.14. The molecule has 2 fully saturated rings. The van der Waals surface area contributed by atoms with Crippen LogP contribution in [0.2, 0.25) is 0 Å². The third-order valence-electron chi connectivity index (χ3n) is 5.45. The lowest BCUT2D eigenvalue weighted by Gasteiger charge is -2.27. The number of aromatic nitrogens is 2. The number of nitrogens with one attached hydrogen (secondary N) is 1. The van der Waals surface area contributed by atoms with Gasteiger partial charge in [0, 0.05) is 49.7 Å². The summed E-state index contributed by atoms with van der Waals surface area (Å²) in [5, 5.41) is 3.27. The first kappa shape index (κ1) is 20.0. The summed E-state index contributed by atoms with van der Waals surface area (Å²) in [6.07, 6.45) is 1.89. The third kappa shape index (κ3) is 3.90. The van der Waals surface area contributed by atoms with Crippen molar-refractivity contribution >= 4 is 23.6 Å². The van der Waals surface area contributed by atoms with E-state index in [-0.39, 0.29) is 6.54 Å². The van der Waals surface area contributed by atoms with Gasteiger partial charge in [-0.1, -0.05) is 0 Å². The van der Waals surface area contributed by atoms with Gasteiger partial charge < -0.3 is 20.7 Å². The van der Waals surface area contributed by atoms with Gasteiger partial charge in [0.15, 0.2) is 0 Å². The van der Waals surface area contributed by atoms with Gasteiger partial charge in [0.2, 0.25) is 11.9 Å². The number of primary amides is 1. The Bertz CT molecular complexity index is 948. The summed E-state index contributed by atoms with van der Waals surface area (Å²) >= 11 is 0. The largest absolute Gasteiger partial charge is 0.443 e. The highest BCUT2D eigenvalue weighted by Crippen LogP contribution is 2.30. The van der Waals surface area contributed by atoms with Crippen molar-refractivity contribution in [3.63, 3.8) is 0 Å². The summed E-state index contributed by atoms with van der Waals surface area (Å²) < 4.78 is 20.0. The number of hydrogen-bond donors (Lipinski definition) is 2. The molecule has 10 heteroatoms. The molecule has 2 saturated heterocycles. The quantitative estimate of drug-likeness (QED) is 0.754. The molecule has 9 nitrogen and oxygen atoms in total. The number of hydrogen-bond acceptors (Lipinski definition) is 7. The summed E-state index contributed by atoms with van der Waals surface area (Å²) in [5.74, 6) is -1.08. The number of cyclic esters (lactones) is 1. The molecular formula is C20H23FN6O3. The molecule has 30 heavy (non-hydrogen) atoms. The Hall–Kier alpha value is -3.27. The van der Waals surface area contributed by atoms with Gasteiger partial charge in [0.25, 0.3) is 0 Å². The monoisotopic (exact) mass is 414 g/mol. The van der Waals surface area contributed by atoms with Gasteiger partial charge in [-0.05, 0) is 25.1 Å². The van der Waals surface area contributed by atoms with Crippen molar-refractivity contribution in [2.75, 3.05) is 42.5 Å². The van der Waals surface area contributed by atoms with Gasteiger partial charge in [-0.15, -0.1) is 0 Å². The average Bonchev–Trinajstić information content (AvgIpc) is 3.15. The first-order valence-electron chi connectivity index (χ1n) is 9.79. The summed E-state index contributed by atoms with van der Waals surface area (Å²) in [5.41, 5.74) is 6.51. The number of nitrogens with zero attached hydrogens (tertiary/aromatic N) is 4. The zero-order chi connectivity index (χ0) is 21.3. The van der Waals surface area contributed by atoms with Gasteiger partial charge in [-0.2, -0.15) is 0 Å². The van der Waals surface area contributed by atoms with Gasteiger partial charge in [0.1, 0.15) is 11.9 Å². The van der Waals surface area contributed by atoms with Crippen molar-refractivity contribution in [3.05, 3.63) is 36.4 Å². The second-order valence-corrected chi connectivity index (χ2v) is 7.40. The summed E-state index contributed by atoms with van der Waals surface area (Å²) in [4.78, 5) is 35.6. The number of nitrogens with two attached hydrogens (primary N) is 1. The number of piperazine rings is 1. The van der Waals surface area contributed by atoms with Gasteiger partial charge in [0.05, 0.1) is 18.2 Å². The van der Waals surface area contributed by atoms with Gasteiger partial charge in [-0.3, -0.25) is 9.69 Å². The molecule has 4 rings (SSSR count). The topological polar surface area (TPSA) is 114 Å². The van der Waals surface area contributed by atoms with E-state index >= 15 is 0 Å². The fourth-order valence-electron chi connectivity index (χ4n) is 3.53. The minimum absolute atomic E-state index is 0.129. The van der Waals surface area contributed by atoms with E-state index in [1.54, 1.807) is 31.5 Å². The highest BCUT2D eigenvalue weighted by molar-refractivity contribution is 5.91. The van der Waals surface area contributed by atoms with E-state index in [1.807, 2.05) is 0 Å². The van der Waals surface area contributed by atoms with E-state index in [0.717, 1.165) is 26.2 Å². The Morgan fingerprint density at radius 2 is 2.00 bits per heavy atom. The predicted molar refractivity (Wildman–Crippen MR) is 108 cm³/mol. The lowest BCUT2D eigenvalue weighted by Crippen LogP contribution is -2.44. The standard InChI is InChI=1S/C20H23FN6O3/c1-12(18(22)28)17-11-27(20(29)30-17)14-2-3-15(16(21)8-14)13-9-24-19(25-10-13)26-6-4-23-5-7-26/h2-3,8-10,12,17,23H,4-7,11H2,1H3,(H2,22,28). The highest BCUT2D eigenvalue weighted by Gasteiger charge is 2.37. The number of benzene rings is 1. The summed E-state index contributed by atoms with van der Waals surface area (Å²) in [7, 11) is 0. The smallest absolute Gasteiger partial charge is 0.414 e. The number of halogens is 1. The fourth-order valence-corrected chi connectivity index (χ4v) is 3.53. The molecule has 1 aromatic heterocycles. The van der Waals surface area contributed by atoms with Crippen LogP contribution in [-0.4, -0.2) is 60.8 Å². The fraction of sp³-hybridized carbons (Fsp3) is 0.400. The Morgan fingerprint density at radius 3 is 2.63 bits per heavy atom. The molecule has 3 heterocycles. The van der Waals surface area contributed by atoms with Crippen LogP contribution in [0.4, 0.5) is 20.8 Å². The lowest BCUT2D eigenvalue weighted by atomic mass is 10.0. The van der Waals surface area contributed by atoms with Crippen LogP contribution in [0.15, 0.2) is 30.6 Å². The minimum atomic E-state index is -0.663. The summed E-state index contributed by atoms with van der Waals surface area (Å²) in [6.45, 7) is 5.12. The molecule has 2 unspecified atom stereocenters. The second kappa shape index (κ2) is 8.23. The van der Waals surface area contributed by atoms with Crippen LogP contribution in [0.5, 0.6) is 0 Å². The molecular weight excluding hydrogens is 391 g/mol. The van der Waals surface area contributed by atoms with Crippen molar-refractivity contribution in [1.82, 2.24) is 15.3 Å².